The third-order valence-corrected chi connectivity index (χ3v) is 5.47. The van der Waals surface area contributed by atoms with Gasteiger partial charge in [-0.25, -0.2) is 4.79 Å². The predicted molar refractivity (Wildman–Crippen MR) is 88.4 cm³/mol. The first-order chi connectivity index (χ1) is 9.94. The van der Waals surface area contributed by atoms with Crippen LogP contribution < -0.4 is 5.32 Å². The molecule has 2 N–H and O–H groups in total. The number of likely N-dealkylation sites (N-methyl/N-ethyl adjacent to an activating group) is 1. The molecule has 0 aromatic heterocycles. The Hall–Kier alpha value is -0.620. The summed E-state index contributed by atoms with van der Waals surface area (Å²) >= 11 is 13.7. The average Bonchev–Trinajstić information content (AvgIpc) is 3.05. The van der Waals surface area contributed by atoms with Gasteiger partial charge in [-0.15, -0.1) is 35.0 Å². The summed E-state index contributed by atoms with van der Waals surface area (Å²) in [6, 6.07) is 7.37. The molecule has 1 aliphatic rings. The van der Waals surface area contributed by atoms with Crippen molar-refractivity contribution in [2.24, 2.45) is 5.92 Å². The fraction of sp³-hybridized carbons (Fsp3) is 0.500. The number of nitrogens with one attached hydrogen (secondary N) is 1. The van der Waals surface area contributed by atoms with Gasteiger partial charge in [0.25, 0.3) is 0 Å². The number of urea groups is 1. The summed E-state index contributed by atoms with van der Waals surface area (Å²) in [7, 11) is 1.64. The SMILES string of the molecule is CN(CCO)C(=O)Nc1ccccc1SC[C@@H]1CC1(Cl)Cl. The van der Waals surface area contributed by atoms with Gasteiger partial charge in [-0.2, -0.15) is 0 Å². The Labute approximate surface area is 138 Å². The van der Waals surface area contributed by atoms with E-state index in [9.17, 15) is 4.79 Å². The van der Waals surface area contributed by atoms with Crippen molar-refractivity contribution in [3.8, 4) is 0 Å². The zero-order valence-corrected chi connectivity index (χ0v) is 14.0. The van der Waals surface area contributed by atoms with Gasteiger partial charge >= 0.3 is 6.03 Å². The highest BCUT2D eigenvalue weighted by molar-refractivity contribution is 7.99. The number of carbonyl (C=O) groups excluding carboxylic acids is 1. The largest absolute Gasteiger partial charge is 0.395 e. The Kier molecular flexibility index (Phi) is 5.66. The second-order valence-electron chi connectivity index (χ2n) is 5.04. The van der Waals surface area contributed by atoms with Crippen LogP contribution in [0.2, 0.25) is 0 Å². The van der Waals surface area contributed by atoms with Crippen LogP contribution >= 0.6 is 35.0 Å². The third-order valence-electron chi connectivity index (χ3n) is 3.31. The number of nitrogens with zero attached hydrogens (tertiary/aromatic N) is 1. The van der Waals surface area contributed by atoms with Crippen molar-refractivity contribution in [3.63, 3.8) is 0 Å². The van der Waals surface area contributed by atoms with Crippen LogP contribution in [0.15, 0.2) is 29.2 Å². The molecule has 116 valence electrons. The van der Waals surface area contributed by atoms with Crippen LogP contribution in [0.5, 0.6) is 0 Å². The second kappa shape index (κ2) is 7.09. The number of hydrogen-bond donors (Lipinski definition) is 2. The number of amides is 2. The van der Waals surface area contributed by atoms with Crippen molar-refractivity contribution >= 4 is 46.7 Å². The fourth-order valence-corrected chi connectivity index (χ4v) is 3.74. The lowest BCUT2D eigenvalue weighted by atomic mass is 10.3. The summed E-state index contributed by atoms with van der Waals surface area (Å²) in [6.07, 6.45) is 0.816. The zero-order valence-electron chi connectivity index (χ0n) is 11.7. The number of alkyl halides is 2. The molecule has 0 heterocycles. The summed E-state index contributed by atoms with van der Waals surface area (Å²) < 4.78 is -0.577. The first-order valence-electron chi connectivity index (χ1n) is 6.66. The maximum absolute atomic E-state index is 12.0. The van der Waals surface area contributed by atoms with E-state index in [4.69, 9.17) is 28.3 Å². The van der Waals surface area contributed by atoms with Crippen LogP contribution in [0.25, 0.3) is 0 Å². The quantitative estimate of drug-likeness (QED) is 0.611. The highest BCUT2D eigenvalue weighted by atomic mass is 35.5. The average molecular weight is 349 g/mol. The normalized spacial score (nSPS) is 19.1. The molecule has 0 aliphatic heterocycles. The number of carbonyl (C=O) groups is 1. The Morgan fingerprint density at radius 3 is 2.81 bits per heavy atom. The fourth-order valence-electron chi connectivity index (χ4n) is 1.80. The van der Waals surface area contributed by atoms with E-state index in [1.165, 1.54) is 4.90 Å². The number of anilines is 1. The number of halogens is 2. The molecule has 1 aliphatic carbocycles. The molecular weight excluding hydrogens is 331 g/mol. The van der Waals surface area contributed by atoms with Gasteiger partial charge in [0.05, 0.1) is 12.3 Å². The molecule has 1 fully saturated rings. The van der Waals surface area contributed by atoms with Gasteiger partial charge in [0.15, 0.2) is 0 Å². The molecule has 0 saturated heterocycles. The molecule has 0 spiro atoms. The van der Waals surface area contributed by atoms with E-state index in [-0.39, 0.29) is 12.6 Å². The Bertz CT molecular complexity index is 514. The van der Waals surface area contributed by atoms with E-state index < -0.39 is 4.33 Å². The molecule has 1 saturated carbocycles. The molecule has 4 nitrogen and oxygen atoms in total. The highest BCUT2D eigenvalue weighted by Gasteiger charge is 2.51. The van der Waals surface area contributed by atoms with Crippen molar-refractivity contribution in [1.82, 2.24) is 4.90 Å². The lowest BCUT2D eigenvalue weighted by Gasteiger charge is -2.18. The number of thioether (sulfide) groups is 1. The first kappa shape index (κ1) is 16.7. The maximum atomic E-state index is 12.0. The Morgan fingerprint density at radius 2 is 2.19 bits per heavy atom. The minimum atomic E-state index is -0.577. The standard InChI is InChI=1S/C14H18Cl2N2O2S/c1-18(6-7-19)13(20)17-11-4-2-3-5-12(11)21-9-10-8-14(10,15)16/h2-5,10,19H,6-9H2,1H3,(H,17,20)/t10-/m0/s1. The second-order valence-corrected chi connectivity index (χ2v) is 7.65. The number of hydrogen-bond acceptors (Lipinski definition) is 3. The summed E-state index contributed by atoms with van der Waals surface area (Å²) in [5.41, 5.74) is 0.757. The maximum Gasteiger partial charge on any atom is 0.321 e. The molecule has 2 rings (SSSR count). The van der Waals surface area contributed by atoms with Gasteiger partial charge in [0.1, 0.15) is 4.33 Å². The van der Waals surface area contributed by atoms with Crippen molar-refractivity contribution in [3.05, 3.63) is 24.3 Å². The van der Waals surface area contributed by atoms with Crippen LogP contribution in [0.4, 0.5) is 10.5 Å². The third kappa shape index (κ3) is 4.68. The van der Waals surface area contributed by atoms with Crippen LogP contribution in [0.1, 0.15) is 6.42 Å². The molecule has 2 amide bonds. The van der Waals surface area contributed by atoms with Gasteiger partial charge in [0.2, 0.25) is 0 Å². The molecule has 0 unspecified atom stereocenters. The van der Waals surface area contributed by atoms with E-state index in [0.29, 0.717) is 12.5 Å². The van der Waals surface area contributed by atoms with Gasteiger partial charge in [-0.1, -0.05) is 12.1 Å². The predicted octanol–water partition coefficient (Wildman–Crippen LogP) is 3.43. The molecule has 21 heavy (non-hydrogen) atoms. The van der Waals surface area contributed by atoms with E-state index in [1.54, 1.807) is 18.8 Å². The Morgan fingerprint density at radius 1 is 1.52 bits per heavy atom. The minimum Gasteiger partial charge on any atom is -0.395 e. The molecule has 1 aromatic carbocycles. The summed E-state index contributed by atoms with van der Waals surface area (Å²) in [4.78, 5) is 14.4. The van der Waals surface area contributed by atoms with Crippen molar-refractivity contribution < 1.29 is 9.90 Å². The molecule has 0 bridgehead atoms. The molecule has 1 atom stereocenters. The number of para-hydroxylation sites is 1. The smallest absolute Gasteiger partial charge is 0.321 e. The van der Waals surface area contributed by atoms with E-state index in [1.807, 2.05) is 24.3 Å². The van der Waals surface area contributed by atoms with E-state index in [0.717, 1.165) is 22.8 Å². The van der Waals surface area contributed by atoms with Gasteiger partial charge in [-0.3, -0.25) is 0 Å². The minimum absolute atomic E-state index is 0.0600. The van der Waals surface area contributed by atoms with Gasteiger partial charge < -0.3 is 15.3 Å². The van der Waals surface area contributed by atoms with Crippen molar-refractivity contribution in [2.45, 2.75) is 15.6 Å². The molecule has 0 radical (unpaired) electrons. The van der Waals surface area contributed by atoms with Crippen LogP contribution in [-0.2, 0) is 0 Å². The lowest BCUT2D eigenvalue weighted by Crippen LogP contribution is -2.33. The monoisotopic (exact) mass is 348 g/mol. The number of aliphatic hydroxyl groups excluding tert-OH is 1. The first-order valence-corrected chi connectivity index (χ1v) is 8.41. The van der Waals surface area contributed by atoms with E-state index >= 15 is 0 Å². The Balaban J connectivity index is 1.95. The van der Waals surface area contributed by atoms with Gasteiger partial charge in [0, 0.05) is 30.2 Å². The zero-order chi connectivity index (χ0) is 15.5. The molecule has 7 heteroatoms. The summed E-state index contributed by atoms with van der Waals surface area (Å²) in [5, 5.41) is 11.7. The number of benzene rings is 1. The highest BCUT2D eigenvalue weighted by Crippen LogP contribution is 2.55. The number of aliphatic hydroxyl groups is 1. The topological polar surface area (TPSA) is 52.6 Å². The van der Waals surface area contributed by atoms with Crippen LogP contribution in [0, 0.1) is 5.92 Å². The van der Waals surface area contributed by atoms with Crippen LogP contribution in [-0.4, -0.2) is 46.3 Å². The lowest BCUT2D eigenvalue weighted by molar-refractivity contribution is 0.202. The number of rotatable bonds is 6. The molecular formula is C14H18Cl2N2O2S. The van der Waals surface area contributed by atoms with Crippen molar-refractivity contribution in [2.75, 3.05) is 31.3 Å². The summed E-state index contributed by atoms with van der Waals surface area (Å²) in [6.45, 7) is 0.236. The van der Waals surface area contributed by atoms with Crippen LogP contribution in [0.3, 0.4) is 0 Å². The summed E-state index contributed by atoms with van der Waals surface area (Å²) in [5.74, 6) is 1.12. The van der Waals surface area contributed by atoms with E-state index in [2.05, 4.69) is 5.32 Å². The van der Waals surface area contributed by atoms with Crippen molar-refractivity contribution in [1.29, 1.82) is 0 Å². The molecule has 1 aromatic rings. The van der Waals surface area contributed by atoms with Gasteiger partial charge in [-0.05, 0) is 18.6 Å².